The summed E-state index contributed by atoms with van der Waals surface area (Å²) >= 11 is 0. The number of nitrogens with zero attached hydrogens (tertiary/aromatic N) is 1. The van der Waals surface area contributed by atoms with E-state index in [2.05, 4.69) is 11.2 Å². The second-order valence-electron chi connectivity index (χ2n) is 2.77. The van der Waals surface area contributed by atoms with Crippen molar-refractivity contribution in [2.45, 2.75) is 0 Å². The van der Waals surface area contributed by atoms with Gasteiger partial charge in [-0.25, -0.2) is 8.78 Å². The Bertz CT molecular complexity index is 420. The van der Waals surface area contributed by atoms with Crippen molar-refractivity contribution in [3.8, 4) is 11.1 Å². The average Bonchev–Trinajstić information content (AvgIpc) is 2.19. The van der Waals surface area contributed by atoms with E-state index in [1.165, 1.54) is 30.5 Å². The number of rotatable bonds is 1. The molecule has 0 aliphatic heterocycles. The van der Waals surface area contributed by atoms with Gasteiger partial charge in [0.15, 0.2) is 0 Å². The van der Waals surface area contributed by atoms with E-state index >= 15 is 0 Å². The van der Waals surface area contributed by atoms with Crippen molar-refractivity contribution in [1.29, 1.82) is 0 Å². The molecule has 0 atom stereocenters. The highest BCUT2D eigenvalue weighted by molar-refractivity contribution is 5.63. The van der Waals surface area contributed by atoms with Crippen LogP contribution in [0.1, 0.15) is 0 Å². The minimum Gasteiger partial charge on any atom is -0.254 e. The van der Waals surface area contributed by atoms with Gasteiger partial charge in [0.25, 0.3) is 0 Å². The number of aromatic nitrogens is 1. The Hall–Kier alpha value is -1.77. The molecule has 2 rings (SSSR count). The molecular formula is C11H6F2N. The molecular weight excluding hydrogens is 184 g/mol. The van der Waals surface area contributed by atoms with Gasteiger partial charge in [0, 0.05) is 11.8 Å². The van der Waals surface area contributed by atoms with E-state index in [0.717, 1.165) is 0 Å². The molecule has 0 aliphatic carbocycles. The Balaban J connectivity index is 2.63. The second-order valence-corrected chi connectivity index (χ2v) is 2.77. The van der Waals surface area contributed by atoms with Crippen LogP contribution >= 0.6 is 0 Å². The molecule has 1 radical (unpaired) electrons. The Morgan fingerprint density at radius 2 is 1.79 bits per heavy atom. The van der Waals surface area contributed by atoms with Crippen molar-refractivity contribution >= 4 is 0 Å². The van der Waals surface area contributed by atoms with Crippen molar-refractivity contribution in [3.05, 3.63) is 54.4 Å². The summed E-state index contributed by atoms with van der Waals surface area (Å²) in [5, 5.41) is 0. The molecule has 0 saturated carbocycles. The fourth-order valence-corrected chi connectivity index (χ4v) is 1.24. The molecule has 0 amide bonds. The van der Waals surface area contributed by atoms with E-state index in [1.807, 2.05) is 0 Å². The lowest BCUT2D eigenvalue weighted by Crippen LogP contribution is -1.89. The van der Waals surface area contributed by atoms with Crippen molar-refractivity contribution in [1.82, 2.24) is 4.98 Å². The molecule has 1 heterocycles. The molecule has 1 aromatic heterocycles. The molecule has 0 saturated heterocycles. The molecule has 0 fully saturated rings. The topological polar surface area (TPSA) is 12.9 Å². The van der Waals surface area contributed by atoms with Gasteiger partial charge in [-0.1, -0.05) is 12.1 Å². The van der Waals surface area contributed by atoms with E-state index in [0.29, 0.717) is 5.56 Å². The maximum atomic E-state index is 13.3. The van der Waals surface area contributed by atoms with Crippen LogP contribution in [0.25, 0.3) is 11.1 Å². The quantitative estimate of drug-likeness (QED) is 0.673. The van der Waals surface area contributed by atoms with Gasteiger partial charge >= 0.3 is 0 Å². The van der Waals surface area contributed by atoms with Crippen molar-refractivity contribution in [3.63, 3.8) is 0 Å². The largest absolute Gasteiger partial charge is 0.254 e. The molecule has 3 heteroatoms. The van der Waals surface area contributed by atoms with Crippen LogP contribution in [0.2, 0.25) is 0 Å². The highest BCUT2D eigenvalue weighted by Crippen LogP contribution is 2.24. The third kappa shape index (κ3) is 1.48. The maximum absolute atomic E-state index is 13.3. The summed E-state index contributed by atoms with van der Waals surface area (Å²) in [6.45, 7) is 0. The predicted molar refractivity (Wildman–Crippen MR) is 48.4 cm³/mol. The van der Waals surface area contributed by atoms with Gasteiger partial charge in [-0.15, -0.1) is 0 Å². The number of benzene rings is 1. The van der Waals surface area contributed by atoms with Crippen LogP contribution in [0.3, 0.4) is 0 Å². The van der Waals surface area contributed by atoms with Gasteiger partial charge < -0.3 is 0 Å². The zero-order valence-corrected chi connectivity index (χ0v) is 7.17. The number of hydrogen-bond donors (Lipinski definition) is 0. The van der Waals surface area contributed by atoms with Crippen LogP contribution in [0.4, 0.5) is 8.78 Å². The molecule has 0 N–H and O–H groups in total. The Labute approximate surface area is 80.0 Å². The highest BCUT2D eigenvalue weighted by Gasteiger charge is 2.09. The smallest absolute Gasteiger partial charge is 0.134 e. The van der Waals surface area contributed by atoms with Gasteiger partial charge in [0.2, 0.25) is 0 Å². The minimum atomic E-state index is -0.585. The van der Waals surface area contributed by atoms with Crippen LogP contribution in [0.15, 0.2) is 36.5 Å². The maximum Gasteiger partial charge on any atom is 0.134 e. The van der Waals surface area contributed by atoms with Crippen LogP contribution in [0.5, 0.6) is 0 Å². The second kappa shape index (κ2) is 3.54. The van der Waals surface area contributed by atoms with Gasteiger partial charge in [0.1, 0.15) is 11.6 Å². The summed E-state index contributed by atoms with van der Waals surface area (Å²) < 4.78 is 26.5. The predicted octanol–water partition coefficient (Wildman–Crippen LogP) is 2.83. The first-order valence-corrected chi connectivity index (χ1v) is 4.05. The summed E-state index contributed by atoms with van der Waals surface area (Å²) in [7, 11) is 0. The molecule has 0 aliphatic rings. The van der Waals surface area contributed by atoms with Gasteiger partial charge in [-0.05, 0) is 18.2 Å². The van der Waals surface area contributed by atoms with Gasteiger partial charge in [-0.3, -0.25) is 4.98 Å². The van der Waals surface area contributed by atoms with Crippen molar-refractivity contribution < 1.29 is 8.78 Å². The molecule has 1 nitrogen and oxygen atoms in total. The van der Waals surface area contributed by atoms with Gasteiger partial charge in [0.05, 0.1) is 11.8 Å². The Morgan fingerprint density at radius 1 is 1.07 bits per heavy atom. The third-order valence-corrected chi connectivity index (χ3v) is 1.87. The van der Waals surface area contributed by atoms with Crippen LogP contribution in [-0.2, 0) is 0 Å². The standard InChI is InChI=1S/C11H6F2N/c12-9-4-1-5-10(13)11(9)8-3-2-6-14-7-8/h1-5,7H. The SMILES string of the molecule is Fc1cccc(F)c1-c1cc[c]nc1. The molecule has 2 aromatic rings. The van der Waals surface area contributed by atoms with E-state index in [9.17, 15) is 8.78 Å². The Kier molecular flexibility index (Phi) is 2.23. The lowest BCUT2D eigenvalue weighted by atomic mass is 10.1. The lowest BCUT2D eigenvalue weighted by molar-refractivity contribution is 0.589. The van der Waals surface area contributed by atoms with E-state index in [1.54, 1.807) is 6.07 Å². The monoisotopic (exact) mass is 190 g/mol. The summed E-state index contributed by atoms with van der Waals surface area (Å²) in [6, 6.07) is 6.84. The summed E-state index contributed by atoms with van der Waals surface area (Å²) in [5.41, 5.74) is 0.369. The van der Waals surface area contributed by atoms with Gasteiger partial charge in [-0.2, -0.15) is 0 Å². The number of pyridine rings is 1. The first-order chi connectivity index (χ1) is 6.79. The van der Waals surface area contributed by atoms with Crippen LogP contribution in [0, 0.1) is 17.8 Å². The summed E-state index contributed by atoms with van der Waals surface area (Å²) in [4.78, 5) is 3.68. The third-order valence-electron chi connectivity index (χ3n) is 1.87. The molecule has 0 unspecified atom stereocenters. The minimum absolute atomic E-state index is 0.0472. The fraction of sp³-hybridized carbons (Fsp3) is 0. The normalized spacial score (nSPS) is 10.1. The van der Waals surface area contributed by atoms with Crippen LogP contribution in [-0.4, -0.2) is 4.98 Å². The molecule has 0 bridgehead atoms. The first-order valence-electron chi connectivity index (χ1n) is 4.05. The van der Waals surface area contributed by atoms with E-state index < -0.39 is 11.6 Å². The zero-order chi connectivity index (χ0) is 9.97. The highest BCUT2D eigenvalue weighted by atomic mass is 19.1. The van der Waals surface area contributed by atoms with E-state index in [-0.39, 0.29) is 5.56 Å². The van der Waals surface area contributed by atoms with Crippen molar-refractivity contribution in [2.75, 3.05) is 0 Å². The number of hydrogen-bond acceptors (Lipinski definition) is 1. The van der Waals surface area contributed by atoms with Crippen LogP contribution < -0.4 is 0 Å². The zero-order valence-electron chi connectivity index (χ0n) is 7.17. The average molecular weight is 190 g/mol. The van der Waals surface area contributed by atoms with E-state index in [4.69, 9.17) is 0 Å². The molecule has 0 spiro atoms. The molecule has 69 valence electrons. The molecule has 1 aromatic carbocycles. The lowest BCUT2D eigenvalue weighted by Gasteiger charge is -2.03. The Morgan fingerprint density at radius 3 is 2.36 bits per heavy atom. The summed E-state index contributed by atoms with van der Waals surface area (Å²) in [5.74, 6) is -1.17. The molecule has 14 heavy (non-hydrogen) atoms. The fourth-order valence-electron chi connectivity index (χ4n) is 1.24. The van der Waals surface area contributed by atoms with Crippen molar-refractivity contribution in [2.24, 2.45) is 0 Å². The first kappa shape index (κ1) is 8.81. The summed E-state index contributed by atoms with van der Waals surface area (Å²) in [6.07, 6.45) is 3.92. The number of halogens is 2.